The monoisotopic (exact) mass is 292 g/mol. The van der Waals surface area contributed by atoms with E-state index in [1.807, 2.05) is 38.1 Å². The minimum atomic E-state index is -1.01. The molecular formula is C16H24N2O3. The molecule has 1 aromatic carbocycles. The molecule has 0 bridgehead atoms. The van der Waals surface area contributed by atoms with Gasteiger partial charge in [0.2, 0.25) is 0 Å². The summed E-state index contributed by atoms with van der Waals surface area (Å²) < 4.78 is 0. The first-order valence-corrected chi connectivity index (χ1v) is 7.36. The third-order valence-electron chi connectivity index (χ3n) is 3.47. The number of nitrogens with zero attached hydrogens (tertiary/aromatic N) is 1. The Balaban J connectivity index is 2.88. The molecule has 0 saturated heterocycles. The number of amides is 2. The van der Waals surface area contributed by atoms with Gasteiger partial charge in [0, 0.05) is 11.7 Å². The highest BCUT2D eigenvalue weighted by Gasteiger charge is 2.22. The van der Waals surface area contributed by atoms with Crippen molar-refractivity contribution in [3.05, 3.63) is 29.8 Å². The second-order valence-electron chi connectivity index (χ2n) is 5.12. The van der Waals surface area contributed by atoms with Gasteiger partial charge in [0.05, 0.1) is 0 Å². The minimum Gasteiger partial charge on any atom is -0.480 e. The third kappa shape index (κ3) is 5.10. The van der Waals surface area contributed by atoms with Crippen LogP contribution in [0.25, 0.3) is 0 Å². The fraction of sp³-hybridized carbons (Fsp3) is 0.500. The van der Waals surface area contributed by atoms with E-state index in [0.717, 1.165) is 24.1 Å². The number of aryl methyl sites for hydroxylation is 1. The number of carboxylic acid groups (broad SMARTS) is 1. The lowest BCUT2D eigenvalue weighted by molar-refractivity contribution is -0.138. The molecule has 116 valence electrons. The van der Waals surface area contributed by atoms with E-state index in [2.05, 4.69) is 12.2 Å². The van der Waals surface area contributed by atoms with E-state index in [4.69, 9.17) is 5.11 Å². The van der Waals surface area contributed by atoms with Gasteiger partial charge in [-0.25, -0.2) is 4.79 Å². The lowest BCUT2D eigenvalue weighted by Gasteiger charge is -2.27. The fourth-order valence-electron chi connectivity index (χ4n) is 2.11. The maximum Gasteiger partial charge on any atom is 0.323 e. The van der Waals surface area contributed by atoms with E-state index < -0.39 is 5.97 Å². The highest BCUT2D eigenvalue weighted by molar-refractivity contribution is 5.92. The van der Waals surface area contributed by atoms with E-state index in [-0.39, 0.29) is 18.6 Å². The van der Waals surface area contributed by atoms with Crippen LogP contribution < -0.4 is 5.32 Å². The van der Waals surface area contributed by atoms with E-state index in [9.17, 15) is 9.59 Å². The van der Waals surface area contributed by atoms with Gasteiger partial charge >= 0.3 is 12.0 Å². The predicted octanol–water partition coefficient (Wildman–Crippen LogP) is 3.36. The molecule has 5 nitrogen and oxygen atoms in total. The molecule has 0 heterocycles. The van der Waals surface area contributed by atoms with E-state index in [0.29, 0.717) is 6.42 Å². The number of nitrogens with one attached hydrogen (secondary N) is 1. The lowest BCUT2D eigenvalue weighted by atomic mass is 10.1. The van der Waals surface area contributed by atoms with E-state index >= 15 is 0 Å². The van der Waals surface area contributed by atoms with Crippen LogP contribution in [-0.4, -0.2) is 34.6 Å². The van der Waals surface area contributed by atoms with Gasteiger partial charge < -0.3 is 15.3 Å². The predicted molar refractivity (Wildman–Crippen MR) is 83.6 cm³/mol. The van der Waals surface area contributed by atoms with Crippen LogP contribution in [-0.2, 0) is 11.2 Å². The van der Waals surface area contributed by atoms with Crippen LogP contribution in [0.4, 0.5) is 10.5 Å². The number of urea groups is 1. The number of hydrogen-bond donors (Lipinski definition) is 2. The molecule has 1 rings (SSSR count). The van der Waals surface area contributed by atoms with Crippen LogP contribution in [0.2, 0.25) is 0 Å². The Kier molecular flexibility index (Phi) is 6.72. The molecule has 1 unspecified atom stereocenters. The smallest absolute Gasteiger partial charge is 0.323 e. The Morgan fingerprint density at radius 2 is 1.95 bits per heavy atom. The van der Waals surface area contributed by atoms with E-state index in [1.54, 1.807) is 0 Å². The van der Waals surface area contributed by atoms with Crippen molar-refractivity contribution in [2.24, 2.45) is 0 Å². The summed E-state index contributed by atoms with van der Waals surface area (Å²) in [6.07, 6.45) is 2.56. The summed E-state index contributed by atoms with van der Waals surface area (Å²) in [6, 6.07) is 7.13. The van der Waals surface area contributed by atoms with Crippen molar-refractivity contribution in [3.63, 3.8) is 0 Å². The first kappa shape index (κ1) is 17.0. The number of para-hydroxylation sites is 1. The van der Waals surface area contributed by atoms with Crippen molar-refractivity contribution in [2.75, 3.05) is 11.9 Å². The number of hydrogen-bond acceptors (Lipinski definition) is 2. The molecule has 2 N–H and O–H groups in total. The Morgan fingerprint density at radius 3 is 2.52 bits per heavy atom. The first-order valence-electron chi connectivity index (χ1n) is 7.36. The average Bonchev–Trinajstić information content (AvgIpc) is 2.46. The molecule has 0 aromatic heterocycles. The SMILES string of the molecule is CCCc1ccccc1NC(=O)N(CC(=O)O)C(C)CC. The first-order chi connectivity index (χ1) is 9.99. The van der Waals surface area contributed by atoms with Crippen LogP contribution in [0.5, 0.6) is 0 Å². The second kappa shape index (κ2) is 8.29. The molecule has 0 aliphatic carbocycles. The van der Waals surface area contributed by atoms with Crippen LogP contribution in [0, 0.1) is 0 Å². The largest absolute Gasteiger partial charge is 0.480 e. The van der Waals surface area contributed by atoms with Gasteiger partial charge in [-0.15, -0.1) is 0 Å². The van der Waals surface area contributed by atoms with Crippen molar-refractivity contribution in [3.8, 4) is 0 Å². The molecule has 21 heavy (non-hydrogen) atoms. The van der Waals surface area contributed by atoms with Crippen LogP contribution in [0.15, 0.2) is 24.3 Å². The Bertz CT molecular complexity index is 488. The molecule has 0 spiro atoms. The van der Waals surface area contributed by atoms with Gasteiger partial charge in [0.15, 0.2) is 0 Å². The van der Waals surface area contributed by atoms with Gasteiger partial charge in [0.25, 0.3) is 0 Å². The van der Waals surface area contributed by atoms with Gasteiger partial charge in [0.1, 0.15) is 6.54 Å². The van der Waals surface area contributed by atoms with Crippen molar-refractivity contribution < 1.29 is 14.7 Å². The number of aliphatic carboxylic acids is 1. The average molecular weight is 292 g/mol. The van der Waals surface area contributed by atoms with Gasteiger partial charge in [-0.05, 0) is 31.4 Å². The van der Waals surface area contributed by atoms with Gasteiger partial charge in [-0.2, -0.15) is 0 Å². The lowest BCUT2D eigenvalue weighted by Crippen LogP contribution is -2.44. The van der Waals surface area contributed by atoms with E-state index in [1.165, 1.54) is 4.90 Å². The van der Waals surface area contributed by atoms with Crippen molar-refractivity contribution >= 4 is 17.7 Å². The molecule has 1 aromatic rings. The summed E-state index contributed by atoms with van der Waals surface area (Å²) in [5, 5.41) is 11.8. The molecule has 0 saturated carbocycles. The topological polar surface area (TPSA) is 69.6 Å². The summed E-state index contributed by atoms with van der Waals surface area (Å²) in [5.74, 6) is -1.01. The van der Waals surface area contributed by atoms with Crippen molar-refractivity contribution in [2.45, 2.75) is 46.1 Å². The standard InChI is InChI=1S/C16H24N2O3/c1-4-8-13-9-6-7-10-14(13)17-16(21)18(11-15(19)20)12(3)5-2/h6-7,9-10,12H,4-5,8,11H2,1-3H3,(H,17,21)(H,19,20). The quantitative estimate of drug-likeness (QED) is 0.809. The summed E-state index contributed by atoms with van der Waals surface area (Å²) in [4.78, 5) is 24.6. The van der Waals surface area contributed by atoms with Gasteiger partial charge in [-0.3, -0.25) is 4.79 Å². The summed E-state index contributed by atoms with van der Waals surface area (Å²) in [7, 11) is 0. The number of anilines is 1. The zero-order valence-electron chi connectivity index (χ0n) is 12.9. The zero-order valence-corrected chi connectivity index (χ0v) is 12.9. The summed E-state index contributed by atoms with van der Waals surface area (Å²) in [5.41, 5.74) is 1.82. The number of carbonyl (C=O) groups is 2. The Labute approximate surface area is 126 Å². The molecular weight excluding hydrogens is 268 g/mol. The normalized spacial score (nSPS) is 11.8. The highest BCUT2D eigenvalue weighted by atomic mass is 16.4. The molecule has 2 amide bonds. The summed E-state index contributed by atoms with van der Waals surface area (Å²) in [6.45, 7) is 5.56. The Morgan fingerprint density at radius 1 is 1.29 bits per heavy atom. The molecule has 0 aliphatic heterocycles. The second-order valence-corrected chi connectivity index (χ2v) is 5.12. The van der Waals surface area contributed by atoms with Crippen molar-refractivity contribution in [1.29, 1.82) is 0 Å². The fourth-order valence-corrected chi connectivity index (χ4v) is 2.11. The van der Waals surface area contributed by atoms with Crippen LogP contribution in [0.1, 0.15) is 39.2 Å². The Hall–Kier alpha value is -2.04. The number of carboxylic acids is 1. The maximum atomic E-state index is 12.4. The summed E-state index contributed by atoms with van der Waals surface area (Å²) >= 11 is 0. The van der Waals surface area contributed by atoms with Crippen molar-refractivity contribution in [1.82, 2.24) is 4.90 Å². The number of benzene rings is 1. The highest BCUT2D eigenvalue weighted by Crippen LogP contribution is 2.18. The van der Waals surface area contributed by atoms with Gasteiger partial charge in [-0.1, -0.05) is 38.5 Å². The molecule has 5 heteroatoms. The zero-order chi connectivity index (χ0) is 15.8. The maximum absolute atomic E-state index is 12.4. The third-order valence-corrected chi connectivity index (χ3v) is 3.47. The molecule has 0 radical (unpaired) electrons. The van der Waals surface area contributed by atoms with Crippen LogP contribution in [0.3, 0.4) is 0 Å². The minimum absolute atomic E-state index is 0.126. The van der Waals surface area contributed by atoms with Crippen LogP contribution >= 0.6 is 0 Å². The molecule has 1 atom stereocenters. The molecule has 0 fully saturated rings. The molecule has 0 aliphatic rings. The number of carbonyl (C=O) groups excluding carboxylic acids is 1. The number of rotatable bonds is 7.